The summed E-state index contributed by atoms with van der Waals surface area (Å²) in [7, 11) is -2.02. The van der Waals surface area contributed by atoms with Crippen molar-refractivity contribution < 1.29 is 13.2 Å². The lowest BCUT2D eigenvalue weighted by molar-refractivity contribution is 0.415. The number of fused-ring (bicyclic) bond motifs is 1. The molecule has 26 heavy (non-hydrogen) atoms. The Kier molecular flexibility index (Phi) is 5.34. The lowest BCUT2D eigenvalue weighted by Gasteiger charge is -2.09. The minimum atomic E-state index is -3.64. The molecule has 0 radical (unpaired) electrons. The molecule has 3 N–H and O–H groups in total. The number of anilines is 1. The smallest absolute Gasteiger partial charge is 0.238 e. The molecule has 0 fully saturated rings. The molecule has 0 bridgehead atoms. The Morgan fingerprint density at radius 1 is 1.12 bits per heavy atom. The molecule has 0 spiro atoms. The molecule has 3 rings (SSSR count). The van der Waals surface area contributed by atoms with E-state index in [0.29, 0.717) is 0 Å². The molecule has 1 aromatic heterocycles. The van der Waals surface area contributed by atoms with Gasteiger partial charge in [0.15, 0.2) is 0 Å². The van der Waals surface area contributed by atoms with Crippen molar-refractivity contribution in [3.8, 4) is 5.75 Å². The van der Waals surface area contributed by atoms with Gasteiger partial charge in [-0.2, -0.15) is 0 Å². The van der Waals surface area contributed by atoms with Gasteiger partial charge in [0.25, 0.3) is 0 Å². The molecule has 2 aromatic carbocycles. The average Bonchev–Trinajstić information content (AvgIpc) is 2.64. The predicted octanol–water partition coefficient (Wildman–Crippen LogP) is 2.33. The number of benzene rings is 2. The molecule has 8 heteroatoms. The van der Waals surface area contributed by atoms with Crippen molar-refractivity contribution in [3.63, 3.8) is 0 Å². The Morgan fingerprint density at radius 3 is 2.58 bits per heavy atom. The number of rotatable bonds is 7. The summed E-state index contributed by atoms with van der Waals surface area (Å²) in [6.45, 7) is 0.731. The average molecular weight is 372 g/mol. The number of primary sulfonamides is 1. The van der Waals surface area contributed by atoms with E-state index in [9.17, 15) is 8.42 Å². The van der Waals surface area contributed by atoms with E-state index < -0.39 is 10.0 Å². The molecule has 0 aliphatic heterocycles. The van der Waals surface area contributed by atoms with Gasteiger partial charge in [0.05, 0.1) is 17.5 Å². The van der Waals surface area contributed by atoms with Crippen LogP contribution in [0.3, 0.4) is 0 Å². The second-order valence-electron chi connectivity index (χ2n) is 5.82. The van der Waals surface area contributed by atoms with Crippen LogP contribution < -0.4 is 15.2 Å². The van der Waals surface area contributed by atoms with Gasteiger partial charge in [0.1, 0.15) is 17.9 Å². The summed E-state index contributed by atoms with van der Waals surface area (Å²) < 4.78 is 27.7. The van der Waals surface area contributed by atoms with Crippen molar-refractivity contribution >= 4 is 26.7 Å². The molecule has 0 aliphatic rings. The number of hydrogen-bond donors (Lipinski definition) is 2. The minimum Gasteiger partial charge on any atom is -0.497 e. The summed E-state index contributed by atoms with van der Waals surface area (Å²) >= 11 is 0. The first-order valence-corrected chi connectivity index (χ1v) is 9.66. The van der Waals surface area contributed by atoms with Crippen LogP contribution in [0.2, 0.25) is 0 Å². The minimum absolute atomic E-state index is 0.127. The first-order valence-electron chi connectivity index (χ1n) is 8.12. The fourth-order valence-corrected chi connectivity index (χ4v) is 3.17. The number of nitrogens with zero attached hydrogens (tertiary/aromatic N) is 2. The zero-order chi connectivity index (χ0) is 18.6. The summed E-state index contributed by atoms with van der Waals surface area (Å²) in [6.07, 6.45) is 3.21. The molecule has 0 saturated carbocycles. The van der Waals surface area contributed by atoms with Crippen LogP contribution in [0.1, 0.15) is 12.0 Å². The van der Waals surface area contributed by atoms with Gasteiger partial charge in [0.2, 0.25) is 10.0 Å². The zero-order valence-electron chi connectivity index (χ0n) is 14.3. The Morgan fingerprint density at radius 2 is 1.88 bits per heavy atom. The second-order valence-corrected chi connectivity index (χ2v) is 7.39. The summed E-state index contributed by atoms with van der Waals surface area (Å²) in [5.74, 6) is 1.53. The molecule has 0 saturated heterocycles. The standard InChI is InChI=1S/C18H20N4O3S/c1-25-14-6-9-16-17(11-14)21-12-22-18(16)20-10-2-3-13-4-7-15(8-5-13)26(19,23)24/h4-9,11-12H,2-3,10H2,1H3,(H2,19,23,24)(H,20,21,22). The van der Waals surface area contributed by atoms with E-state index in [1.807, 2.05) is 18.2 Å². The van der Waals surface area contributed by atoms with E-state index in [4.69, 9.17) is 9.88 Å². The SMILES string of the molecule is COc1ccc2c(NCCCc3ccc(S(N)(=O)=O)cc3)ncnc2c1. The molecule has 0 amide bonds. The molecule has 0 unspecified atom stereocenters. The molecule has 1 heterocycles. The fourth-order valence-electron chi connectivity index (χ4n) is 2.65. The molecule has 7 nitrogen and oxygen atoms in total. The highest BCUT2D eigenvalue weighted by molar-refractivity contribution is 7.89. The number of ether oxygens (including phenoxy) is 1. The van der Waals surface area contributed by atoms with Crippen molar-refractivity contribution in [3.05, 3.63) is 54.4 Å². The summed E-state index contributed by atoms with van der Waals surface area (Å²) in [4.78, 5) is 8.69. The number of sulfonamides is 1. The van der Waals surface area contributed by atoms with Crippen LogP contribution in [-0.2, 0) is 16.4 Å². The van der Waals surface area contributed by atoms with Crippen LogP contribution in [-0.4, -0.2) is 32.0 Å². The van der Waals surface area contributed by atoms with E-state index in [2.05, 4.69) is 15.3 Å². The summed E-state index contributed by atoms with van der Waals surface area (Å²) in [5.41, 5.74) is 1.87. The first-order chi connectivity index (χ1) is 12.5. The Bertz CT molecular complexity index is 1000. The van der Waals surface area contributed by atoms with E-state index in [0.717, 1.165) is 47.4 Å². The highest BCUT2D eigenvalue weighted by Gasteiger charge is 2.07. The van der Waals surface area contributed by atoms with Gasteiger partial charge >= 0.3 is 0 Å². The maximum absolute atomic E-state index is 11.3. The fraction of sp³-hybridized carbons (Fsp3) is 0.222. The molecule has 0 aliphatic carbocycles. The van der Waals surface area contributed by atoms with Gasteiger partial charge < -0.3 is 10.1 Å². The van der Waals surface area contributed by atoms with E-state index >= 15 is 0 Å². The second kappa shape index (κ2) is 7.67. The van der Waals surface area contributed by atoms with Crippen LogP contribution in [0, 0.1) is 0 Å². The number of methoxy groups -OCH3 is 1. The third-order valence-electron chi connectivity index (χ3n) is 4.03. The van der Waals surface area contributed by atoms with Crippen LogP contribution >= 0.6 is 0 Å². The monoisotopic (exact) mass is 372 g/mol. The van der Waals surface area contributed by atoms with E-state index in [1.54, 1.807) is 19.2 Å². The van der Waals surface area contributed by atoms with Gasteiger partial charge in [-0.1, -0.05) is 12.1 Å². The number of nitrogens with two attached hydrogens (primary N) is 1. The quantitative estimate of drug-likeness (QED) is 0.617. The van der Waals surface area contributed by atoms with Crippen molar-refractivity contribution in [1.82, 2.24) is 9.97 Å². The lowest BCUT2D eigenvalue weighted by atomic mass is 10.1. The highest BCUT2D eigenvalue weighted by atomic mass is 32.2. The van der Waals surface area contributed by atoms with Gasteiger partial charge in [-0.3, -0.25) is 0 Å². The third-order valence-corrected chi connectivity index (χ3v) is 4.96. The van der Waals surface area contributed by atoms with Crippen LogP contribution in [0.4, 0.5) is 5.82 Å². The Balaban J connectivity index is 1.59. The van der Waals surface area contributed by atoms with Gasteiger partial charge in [-0.25, -0.2) is 23.5 Å². The molecule has 0 atom stereocenters. The van der Waals surface area contributed by atoms with Crippen molar-refractivity contribution in [2.75, 3.05) is 19.0 Å². The van der Waals surface area contributed by atoms with Gasteiger partial charge in [-0.15, -0.1) is 0 Å². The van der Waals surface area contributed by atoms with Crippen molar-refractivity contribution in [1.29, 1.82) is 0 Å². The number of hydrogen-bond acceptors (Lipinski definition) is 6. The van der Waals surface area contributed by atoms with Crippen LogP contribution in [0.5, 0.6) is 5.75 Å². The normalized spacial score (nSPS) is 11.5. The first kappa shape index (κ1) is 18.1. The van der Waals surface area contributed by atoms with Gasteiger partial charge in [-0.05, 0) is 42.7 Å². The summed E-state index contributed by atoms with van der Waals surface area (Å²) in [5, 5.41) is 9.36. The molecular weight excluding hydrogens is 352 g/mol. The molecule has 136 valence electrons. The predicted molar refractivity (Wildman–Crippen MR) is 101 cm³/mol. The van der Waals surface area contributed by atoms with Crippen molar-refractivity contribution in [2.45, 2.75) is 17.7 Å². The molecule has 3 aromatic rings. The maximum atomic E-state index is 11.3. The number of nitrogens with one attached hydrogen (secondary N) is 1. The maximum Gasteiger partial charge on any atom is 0.238 e. The number of aromatic nitrogens is 2. The third kappa shape index (κ3) is 4.27. The summed E-state index contributed by atoms with van der Waals surface area (Å²) in [6, 6.07) is 12.3. The van der Waals surface area contributed by atoms with Crippen molar-refractivity contribution in [2.24, 2.45) is 5.14 Å². The van der Waals surface area contributed by atoms with Crippen LogP contribution in [0.15, 0.2) is 53.7 Å². The Labute approximate surface area is 152 Å². The highest BCUT2D eigenvalue weighted by Crippen LogP contribution is 2.23. The van der Waals surface area contributed by atoms with E-state index in [-0.39, 0.29) is 4.90 Å². The largest absolute Gasteiger partial charge is 0.497 e. The van der Waals surface area contributed by atoms with Gasteiger partial charge in [0, 0.05) is 18.0 Å². The number of aryl methyl sites for hydroxylation is 1. The molecular formula is C18H20N4O3S. The topological polar surface area (TPSA) is 107 Å². The Hall–Kier alpha value is -2.71. The van der Waals surface area contributed by atoms with E-state index in [1.165, 1.54) is 18.5 Å². The lowest BCUT2D eigenvalue weighted by Crippen LogP contribution is -2.12. The van der Waals surface area contributed by atoms with Crippen LogP contribution in [0.25, 0.3) is 10.9 Å². The zero-order valence-corrected chi connectivity index (χ0v) is 15.2.